The number of nitrogens with zero attached hydrogens (tertiary/aromatic N) is 3. The Morgan fingerprint density at radius 2 is 1.89 bits per heavy atom. The summed E-state index contributed by atoms with van der Waals surface area (Å²) in [5, 5.41) is 7.32. The van der Waals surface area contributed by atoms with Gasteiger partial charge < -0.3 is 5.32 Å². The SMILES string of the molecule is Cc1cnn(-c2ccc(C(=O)NCCN3CCc4ccccc4C3)cc2)c1. The molecule has 0 saturated carbocycles. The molecule has 1 aliphatic heterocycles. The number of amides is 1. The van der Waals surface area contributed by atoms with E-state index < -0.39 is 0 Å². The number of carbonyl (C=O) groups is 1. The molecule has 2 aromatic carbocycles. The van der Waals surface area contributed by atoms with Crippen molar-refractivity contribution in [3.8, 4) is 5.69 Å². The van der Waals surface area contributed by atoms with Crippen LogP contribution in [0.1, 0.15) is 27.0 Å². The fourth-order valence-electron chi connectivity index (χ4n) is 3.49. The van der Waals surface area contributed by atoms with Crippen molar-refractivity contribution in [2.75, 3.05) is 19.6 Å². The maximum atomic E-state index is 12.4. The van der Waals surface area contributed by atoms with E-state index in [1.807, 2.05) is 48.3 Å². The van der Waals surface area contributed by atoms with Crippen LogP contribution in [0.25, 0.3) is 5.69 Å². The number of carbonyl (C=O) groups excluding carboxylic acids is 1. The van der Waals surface area contributed by atoms with E-state index in [4.69, 9.17) is 0 Å². The van der Waals surface area contributed by atoms with Gasteiger partial charge in [0, 0.05) is 37.9 Å². The van der Waals surface area contributed by atoms with Crippen LogP contribution >= 0.6 is 0 Å². The molecule has 1 aromatic heterocycles. The molecule has 138 valence electrons. The van der Waals surface area contributed by atoms with Crippen molar-refractivity contribution in [3.63, 3.8) is 0 Å². The van der Waals surface area contributed by atoms with Crippen LogP contribution in [0.2, 0.25) is 0 Å². The minimum Gasteiger partial charge on any atom is -0.351 e. The third kappa shape index (κ3) is 4.09. The fourth-order valence-corrected chi connectivity index (χ4v) is 3.49. The normalized spacial score (nSPS) is 14.0. The summed E-state index contributed by atoms with van der Waals surface area (Å²) in [7, 11) is 0. The van der Waals surface area contributed by atoms with Crippen molar-refractivity contribution in [2.45, 2.75) is 19.9 Å². The molecule has 0 bridgehead atoms. The van der Waals surface area contributed by atoms with Gasteiger partial charge in [0.15, 0.2) is 0 Å². The van der Waals surface area contributed by atoms with Crippen molar-refractivity contribution in [1.82, 2.24) is 20.0 Å². The molecule has 3 aromatic rings. The summed E-state index contributed by atoms with van der Waals surface area (Å²) in [4.78, 5) is 14.8. The number of nitrogens with one attached hydrogen (secondary N) is 1. The maximum absolute atomic E-state index is 12.4. The molecule has 27 heavy (non-hydrogen) atoms. The number of rotatable bonds is 5. The van der Waals surface area contributed by atoms with Gasteiger partial charge in [0.25, 0.3) is 5.91 Å². The minimum atomic E-state index is -0.0318. The van der Waals surface area contributed by atoms with E-state index in [-0.39, 0.29) is 5.91 Å². The summed E-state index contributed by atoms with van der Waals surface area (Å²) in [6, 6.07) is 16.1. The number of hydrogen-bond acceptors (Lipinski definition) is 3. The van der Waals surface area contributed by atoms with Gasteiger partial charge in [-0.2, -0.15) is 5.10 Å². The minimum absolute atomic E-state index is 0.0318. The highest BCUT2D eigenvalue weighted by Crippen LogP contribution is 2.17. The summed E-state index contributed by atoms with van der Waals surface area (Å²) >= 11 is 0. The Kier molecular flexibility index (Phi) is 5.03. The van der Waals surface area contributed by atoms with Crippen LogP contribution in [0.15, 0.2) is 60.9 Å². The number of benzene rings is 2. The standard InChI is InChI=1S/C22H24N4O/c1-17-14-24-26(15-17)21-8-6-19(7-9-21)22(27)23-11-13-25-12-10-18-4-2-3-5-20(18)16-25/h2-9,14-15H,10-13,16H2,1H3,(H,23,27). The van der Waals surface area contributed by atoms with Crippen LogP contribution in [0.4, 0.5) is 0 Å². The molecule has 0 unspecified atom stereocenters. The van der Waals surface area contributed by atoms with Gasteiger partial charge in [-0.15, -0.1) is 0 Å². The molecule has 1 amide bonds. The highest BCUT2D eigenvalue weighted by atomic mass is 16.1. The second-order valence-electron chi connectivity index (χ2n) is 7.06. The van der Waals surface area contributed by atoms with Crippen LogP contribution in [0.3, 0.4) is 0 Å². The molecule has 0 radical (unpaired) electrons. The van der Waals surface area contributed by atoms with Gasteiger partial charge in [-0.1, -0.05) is 24.3 Å². The van der Waals surface area contributed by atoms with E-state index in [1.165, 1.54) is 11.1 Å². The third-order valence-electron chi connectivity index (χ3n) is 5.03. The molecule has 5 nitrogen and oxygen atoms in total. The van der Waals surface area contributed by atoms with Gasteiger partial charge in [-0.25, -0.2) is 4.68 Å². The Morgan fingerprint density at radius 1 is 1.11 bits per heavy atom. The third-order valence-corrected chi connectivity index (χ3v) is 5.03. The van der Waals surface area contributed by atoms with E-state index in [9.17, 15) is 4.79 Å². The molecule has 0 spiro atoms. The van der Waals surface area contributed by atoms with Gasteiger partial charge in [0.1, 0.15) is 0 Å². The first-order valence-electron chi connectivity index (χ1n) is 9.38. The topological polar surface area (TPSA) is 50.2 Å². The zero-order chi connectivity index (χ0) is 18.6. The molecule has 0 aliphatic carbocycles. The Bertz CT molecular complexity index is 929. The highest BCUT2D eigenvalue weighted by molar-refractivity contribution is 5.94. The number of aromatic nitrogens is 2. The lowest BCUT2D eigenvalue weighted by atomic mass is 10.00. The van der Waals surface area contributed by atoms with Crippen molar-refractivity contribution >= 4 is 5.91 Å². The molecular weight excluding hydrogens is 336 g/mol. The Labute approximate surface area is 159 Å². The average molecular weight is 360 g/mol. The van der Waals surface area contributed by atoms with Crippen LogP contribution in [0.5, 0.6) is 0 Å². The van der Waals surface area contributed by atoms with Gasteiger partial charge >= 0.3 is 0 Å². The molecule has 0 saturated heterocycles. The van der Waals surface area contributed by atoms with E-state index in [0.717, 1.165) is 37.3 Å². The van der Waals surface area contributed by atoms with E-state index in [1.54, 1.807) is 0 Å². The molecule has 4 rings (SSSR count). The Balaban J connectivity index is 1.28. The number of hydrogen-bond donors (Lipinski definition) is 1. The average Bonchev–Trinajstić information content (AvgIpc) is 3.14. The van der Waals surface area contributed by atoms with Gasteiger partial charge in [0.05, 0.1) is 11.9 Å². The lowest BCUT2D eigenvalue weighted by molar-refractivity contribution is 0.0947. The molecular formula is C22H24N4O. The van der Waals surface area contributed by atoms with E-state index >= 15 is 0 Å². The van der Waals surface area contributed by atoms with Crippen molar-refractivity contribution < 1.29 is 4.79 Å². The van der Waals surface area contributed by atoms with Gasteiger partial charge in [0.2, 0.25) is 0 Å². The van der Waals surface area contributed by atoms with Crippen LogP contribution in [0, 0.1) is 6.92 Å². The summed E-state index contributed by atoms with van der Waals surface area (Å²) in [5.41, 5.74) is 5.58. The summed E-state index contributed by atoms with van der Waals surface area (Å²) in [6.45, 7) is 5.53. The van der Waals surface area contributed by atoms with E-state index in [0.29, 0.717) is 12.1 Å². The molecule has 0 fully saturated rings. The summed E-state index contributed by atoms with van der Waals surface area (Å²) in [6.07, 6.45) is 4.87. The second-order valence-corrected chi connectivity index (χ2v) is 7.06. The van der Waals surface area contributed by atoms with Gasteiger partial charge in [-0.05, 0) is 54.3 Å². The largest absolute Gasteiger partial charge is 0.351 e. The second kappa shape index (κ2) is 7.76. The first-order chi connectivity index (χ1) is 13.2. The highest BCUT2D eigenvalue weighted by Gasteiger charge is 2.15. The lowest BCUT2D eigenvalue weighted by Crippen LogP contribution is -2.37. The van der Waals surface area contributed by atoms with E-state index in [2.05, 4.69) is 39.6 Å². The van der Waals surface area contributed by atoms with Crippen molar-refractivity contribution in [3.05, 3.63) is 83.2 Å². The maximum Gasteiger partial charge on any atom is 0.251 e. The Hall–Kier alpha value is -2.92. The number of aryl methyl sites for hydroxylation is 1. The molecule has 1 N–H and O–H groups in total. The summed E-state index contributed by atoms with van der Waals surface area (Å²) < 4.78 is 1.81. The smallest absolute Gasteiger partial charge is 0.251 e. The van der Waals surface area contributed by atoms with Crippen molar-refractivity contribution in [1.29, 1.82) is 0 Å². The predicted molar refractivity (Wildman–Crippen MR) is 106 cm³/mol. The lowest BCUT2D eigenvalue weighted by Gasteiger charge is -2.28. The van der Waals surface area contributed by atoms with Gasteiger partial charge in [-0.3, -0.25) is 9.69 Å². The Morgan fingerprint density at radius 3 is 2.63 bits per heavy atom. The number of fused-ring (bicyclic) bond motifs is 1. The molecule has 1 aliphatic rings. The van der Waals surface area contributed by atoms with Crippen LogP contribution in [-0.2, 0) is 13.0 Å². The monoisotopic (exact) mass is 360 g/mol. The quantitative estimate of drug-likeness (QED) is 0.761. The van der Waals surface area contributed by atoms with Crippen LogP contribution < -0.4 is 5.32 Å². The predicted octanol–water partition coefficient (Wildman–Crippen LogP) is 2.97. The zero-order valence-electron chi connectivity index (χ0n) is 15.6. The van der Waals surface area contributed by atoms with Crippen molar-refractivity contribution in [2.24, 2.45) is 0 Å². The molecule has 2 heterocycles. The fraction of sp³-hybridized carbons (Fsp3) is 0.273. The zero-order valence-corrected chi connectivity index (χ0v) is 15.6. The molecule has 5 heteroatoms. The first kappa shape index (κ1) is 17.5. The first-order valence-corrected chi connectivity index (χ1v) is 9.38. The molecule has 0 atom stereocenters. The summed E-state index contributed by atoms with van der Waals surface area (Å²) in [5.74, 6) is -0.0318. The van der Waals surface area contributed by atoms with Crippen LogP contribution in [-0.4, -0.2) is 40.2 Å².